The Bertz CT molecular complexity index is 661. The van der Waals surface area contributed by atoms with Crippen LogP contribution in [-0.4, -0.2) is 25.1 Å². The molecule has 2 aromatic rings. The molecule has 0 bridgehead atoms. The van der Waals surface area contributed by atoms with E-state index in [0.29, 0.717) is 17.1 Å². The number of anilines is 2. The van der Waals surface area contributed by atoms with Crippen LogP contribution in [0.3, 0.4) is 0 Å². The lowest BCUT2D eigenvalue weighted by molar-refractivity contribution is 0.0594. The maximum Gasteiger partial charge on any atom is 0.356 e. The lowest BCUT2D eigenvalue weighted by Gasteiger charge is -2.20. The minimum absolute atomic E-state index is 0.155. The van der Waals surface area contributed by atoms with E-state index in [1.165, 1.54) is 19.2 Å². The zero-order valence-electron chi connectivity index (χ0n) is 11.8. The zero-order valence-corrected chi connectivity index (χ0v) is 11.8. The van der Waals surface area contributed by atoms with E-state index in [4.69, 9.17) is 5.73 Å². The molecule has 21 heavy (non-hydrogen) atoms. The van der Waals surface area contributed by atoms with Crippen LogP contribution in [0.15, 0.2) is 36.4 Å². The van der Waals surface area contributed by atoms with Gasteiger partial charge < -0.3 is 15.4 Å². The fourth-order valence-electron chi connectivity index (χ4n) is 1.94. The van der Waals surface area contributed by atoms with Crippen molar-refractivity contribution in [1.82, 2.24) is 4.98 Å². The number of nitrogens with two attached hydrogens (primary N) is 1. The van der Waals surface area contributed by atoms with E-state index in [1.807, 2.05) is 0 Å². The minimum atomic E-state index is -0.546. The predicted molar refractivity (Wildman–Crippen MR) is 78.5 cm³/mol. The third-order valence-electron chi connectivity index (χ3n) is 3.03. The third-order valence-corrected chi connectivity index (χ3v) is 3.03. The minimum Gasteiger partial charge on any atom is -0.464 e. The number of ether oxygens (including phenoxy) is 1. The molecule has 5 nitrogen and oxygen atoms in total. The molecule has 0 atom stereocenters. The van der Waals surface area contributed by atoms with Gasteiger partial charge in [-0.3, -0.25) is 0 Å². The molecule has 1 heterocycles. The third kappa shape index (κ3) is 3.28. The number of hydrogen-bond donors (Lipinski definition) is 1. The van der Waals surface area contributed by atoms with Crippen molar-refractivity contribution in [3.05, 3.63) is 53.5 Å². The molecule has 0 saturated heterocycles. The zero-order chi connectivity index (χ0) is 15.4. The Morgan fingerprint density at radius 3 is 2.71 bits per heavy atom. The molecule has 110 valence electrons. The molecule has 0 radical (unpaired) electrons. The number of esters is 1. The van der Waals surface area contributed by atoms with Gasteiger partial charge in [-0.25, -0.2) is 14.2 Å². The molecular formula is C15H16FN3O2. The van der Waals surface area contributed by atoms with Crippen molar-refractivity contribution < 1.29 is 13.9 Å². The first-order chi connectivity index (χ1) is 10.0. The van der Waals surface area contributed by atoms with Gasteiger partial charge in [0.1, 0.15) is 5.82 Å². The smallest absolute Gasteiger partial charge is 0.356 e. The SMILES string of the molecule is COC(=O)c1ccc(N)c(N(C)Cc2ccccc2F)n1. The summed E-state index contributed by atoms with van der Waals surface area (Å²) in [6.07, 6.45) is 0. The number of nitrogen functional groups attached to an aromatic ring is 1. The highest BCUT2D eigenvalue weighted by Crippen LogP contribution is 2.22. The number of nitrogens with zero attached hydrogens (tertiary/aromatic N) is 2. The van der Waals surface area contributed by atoms with E-state index in [-0.39, 0.29) is 18.1 Å². The van der Waals surface area contributed by atoms with Crippen LogP contribution in [-0.2, 0) is 11.3 Å². The predicted octanol–water partition coefficient (Wildman–Crippen LogP) is 2.23. The Balaban J connectivity index is 2.28. The van der Waals surface area contributed by atoms with Gasteiger partial charge in [-0.15, -0.1) is 0 Å². The molecule has 0 aliphatic carbocycles. The van der Waals surface area contributed by atoms with Crippen molar-refractivity contribution in [2.45, 2.75) is 6.54 Å². The summed E-state index contributed by atoms with van der Waals surface area (Å²) in [5.41, 5.74) is 6.95. The molecule has 1 aromatic heterocycles. The fourth-order valence-corrected chi connectivity index (χ4v) is 1.94. The van der Waals surface area contributed by atoms with Crippen molar-refractivity contribution in [3.63, 3.8) is 0 Å². The normalized spacial score (nSPS) is 10.2. The van der Waals surface area contributed by atoms with E-state index in [9.17, 15) is 9.18 Å². The van der Waals surface area contributed by atoms with Crippen LogP contribution in [0.2, 0.25) is 0 Å². The summed E-state index contributed by atoms with van der Waals surface area (Å²) in [6.45, 7) is 0.286. The van der Waals surface area contributed by atoms with Crippen LogP contribution in [0, 0.1) is 5.82 Å². The molecular weight excluding hydrogens is 273 g/mol. The second-order valence-electron chi connectivity index (χ2n) is 4.55. The number of pyridine rings is 1. The first kappa shape index (κ1) is 14.8. The van der Waals surface area contributed by atoms with E-state index in [1.54, 1.807) is 36.2 Å². The van der Waals surface area contributed by atoms with Crippen molar-refractivity contribution in [3.8, 4) is 0 Å². The van der Waals surface area contributed by atoms with Crippen molar-refractivity contribution in [2.24, 2.45) is 0 Å². The van der Waals surface area contributed by atoms with Crippen LogP contribution < -0.4 is 10.6 Å². The fraction of sp³-hybridized carbons (Fsp3) is 0.200. The van der Waals surface area contributed by atoms with Crippen LogP contribution in [0.25, 0.3) is 0 Å². The molecule has 2 N–H and O–H groups in total. The molecule has 0 aliphatic heterocycles. The number of rotatable bonds is 4. The standard InChI is InChI=1S/C15H16FN3O2/c1-19(9-10-5-3-4-6-11(10)16)14-12(17)7-8-13(18-14)15(20)21-2/h3-8H,9,17H2,1-2H3. The molecule has 0 unspecified atom stereocenters. The monoisotopic (exact) mass is 289 g/mol. The Kier molecular flexibility index (Phi) is 4.37. The number of halogens is 1. The maximum atomic E-state index is 13.7. The quantitative estimate of drug-likeness (QED) is 0.874. The summed E-state index contributed by atoms with van der Waals surface area (Å²) >= 11 is 0. The number of methoxy groups -OCH3 is 1. The molecule has 0 fully saturated rings. The average molecular weight is 289 g/mol. The van der Waals surface area contributed by atoms with E-state index < -0.39 is 5.97 Å². The van der Waals surface area contributed by atoms with Crippen molar-refractivity contribution >= 4 is 17.5 Å². The highest BCUT2D eigenvalue weighted by atomic mass is 19.1. The Labute approximate surface area is 122 Å². The lowest BCUT2D eigenvalue weighted by atomic mass is 10.2. The molecule has 6 heteroatoms. The van der Waals surface area contributed by atoms with Gasteiger partial charge in [-0.2, -0.15) is 0 Å². The van der Waals surface area contributed by atoms with Crippen LogP contribution in [0.1, 0.15) is 16.1 Å². The van der Waals surface area contributed by atoms with Gasteiger partial charge in [0, 0.05) is 19.2 Å². The van der Waals surface area contributed by atoms with Gasteiger partial charge >= 0.3 is 5.97 Å². The van der Waals surface area contributed by atoms with Gasteiger partial charge in [0.25, 0.3) is 0 Å². The van der Waals surface area contributed by atoms with Gasteiger partial charge in [-0.05, 0) is 18.2 Å². The second kappa shape index (κ2) is 6.21. The molecule has 0 saturated carbocycles. The largest absolute Gasteiger partial charge is 0.464 e. The topological polar surface area (TPSA) is 68.5 Å². The number of aromatic nitrogens is 1. The average Bonchev–Trinajstić information content (AvgIpc) is 2.49. The first-order valence-electron chi connectivity index (χ1n) is 6.32. The van der Waals surface area contributed by atoms with Gasteiger partial charge in [0.15, 0.2) is 11.5 Å². The summed E-state index contributed by atoms with van der Waals surface area (Å²) in [5, 5.41) is 0. The van der Waals surface area contributed by atoms with E-state index in [2.05, 4.69) is 9.72 Å². The van der Waals surface area contributed by atoms with Crippen LogP contribution in [0.4, 0.5) is 15.9 Å². The maximum absolute atomic E-state index is 13.7. The van der Waals surface area contributed by atoms with Gasteiger partial charge in [0.05, 0.1) is 12.8 Å². The highest BCUT2D eigenvalue weighted by Gasteiger charge is 2.14. The van der Waals surface area contributed by atoms with E-state index in [0.717, 1.165) is 0 Å². The molecule has 2 rings (SSSR count). The summed E-state index contributed by atoms with van der Waals surface area (Å²) in [7, 11) is 3.01. The summed E-state index contributed by atoms with van der Waals surface area (Å²) in [4.78, 5) is 17.4. The van der Waals surface area contributed by atoms with Crippen molar-refractivity contribution in [2.75, 3.05) is 24.8 Å². The van der Waals surface area contributed by atoms with E-state index >= 15 is 0 Å². The van der Waals surface area contributed by atoms with Crippen LogP contribution in [0.5, 0.6) is 0 Å². The lowest BCUT2D eigenvalue weighted by Crippen LogP contribution is -2.21. The first-order valence-corrected chi connectivity index (χ1v) is 6.32. The summed E-state index contributed by atoms with van der Waals surface area (Å²) in [5.74, 6) is -0.441. The highest BCUT2D eigenvalue weighted by molar-refractivity contribution is 5.88. The number of hydrogen-bond acceptors (Lipinski definition) is 5. The Morgan fingerprint density at radius 2 is 2.05 bits per heavy atom. The number of benzene rings is 1. The summed E-state index contributed by atoms with van der Waals surface area (Å²) in [6, 6.07) is 9.53. The van der Waals surface area contributed by atoms with Gasteiger partial charge in [0.2, 0.25) is 0 Å². The Hall–Kier alpha value is -2.63. The number of carbonyl (C=O) groups is 1. The van der Waals surface area contributed by atoms with Crippen LogP contribution >= 0.6 is 0 Å². The van der Waals surface area contributed by atoms with Gasteiger partial charge in [-0.1, -0.05) is 18.2 Å². The second-order valence-corrected chi connectivity index (χ2v) is 4.55. The molecule has 0 amide bonds. The molecule has 0 aliphatic rings. The Morgan fingerprint density at radius 1 is 1.33 bits per heavy atom. The summed E-state index contributed by atoms with van der Waals surface area (Å²) < 4.78 is 18.3. The molecule has 0 spiro atoms. The van der Waals surface area contributed by atoms with Crippen molar-refractivity contribution in [1.29, 1.82) is 0 Å². The number of carbonyl (C=O) groups excluding carboxylic acids is 1. The molecule has 1 aromatic carbocycles.